The van der Waals surface area contributed by atoms with E-state index in [4.69, 9.17) is 9.94 Å². The van der Waals surface area contributed by atoms with Gasteiger partial charge in [-0.2, -0.15) is 0 Å². The van der Waals surface area contributed by atoms with Crippen molar-refractivity contribution in [3.63, 3.8) is 0 Å². The predicted molar refractivity (Wildman–Crippen MR) is 117 cm³/mol. The first-order valence-electron chi connectivity index (χ1n) is 9.23. The van der Waals surface area contributed by atoms with Crippen molar-refractivity contribution in [2.24, 2.45) is 0 Å². The summed E-state index contributed by atoms with van der Waals surface area (Å²) in [5.74, 6) is -0.377. The highest BCUT2D eigenvalue weighted by molar-refractivity contribution is 7.92. The SMILES string of the molecule is COc1ccc(S(=O)(=O)N(CC(=O)NO)c2ccccc2/C=C/c2ccccn2)cc1. The second kappa shape index (κ2) is 9.88. The van der Waals surface area contributed by atoms with Crippen LogP contribution in [0.25, 0.3) is 12.2 Å². The van der Waals surface area contributed by atoms with Gasteiger partial charge in [-0.15, -0.1) is 0 Å². The number of sulfonamides is 1. The molecule has 3 aromatic rings. The minimum atomic E-state index is -4.13. The molecular formula is C22H21N3O5S. The van der Waals surface area contributed by atoms with Crippen LogP contribution in [-0.4, -0.2) is 38.2 Å². The van der Waals surface area contributed by atoms with E-state index in [1.54, 1.807) is 48.7 Å². The quantitative estimate of drug-likeness (QED) is 0.413. The molecule has 0 unspecified atom stereocenters. The number of ether oxygens (including phenoxy) is 1. The summed E-state index contributed by atoms with van der Waals surface area (Å²) in [4.78, 5) is 16.1. The fraction of sp³-hybridized carbons (Fsp3) is 0.0909. The van der Waals surface area contributed by atoms with Crippen molar-refractivity contribution in [2.75, 3.05) is 18.0 Å². The number of para-hydroxylation sites is 1. The molecule has 1 aromatic heterocycles. The summed E-state index contributed by atoms with van der Waals surface area (Å²) < 4.78 is 32.8. The van der Waals surface area contributed by atoms with Gasteiger partial charge in [-0.05, 0) is 54.1 Å². The number of aromatic nitrogens is 1. The predicted octanol–water partition coefficient (Wildman–Crippen LogP) is 2.96. The van der Waals surface area contributed by atoms with Gasteiger partial charge in [0.1, 0.15) is 12.3 Å². The lowest BCUT2D eigenvalue weighted by Gasteiger charge is -2.25. The highest BCUT2D eigenvalue weighted by Crippen LogP contribution is 2.29. The van der Waals surface area contributed by atoms with Crippen molar-refractivity contribution < 1.29 is 23.2 Å². The molecule has 31 heavy (non-hydrogen) atoms. The highest BCUT2D eigenvalue weighted by Gasteiger charge is 2.28. The summed E-state index contributed by atoms with van der Waals surface area (Å²) in [5, 5.41) is 9.00. The van der Waals surface area contributed by atoms with E-state index < -0.39 is 22.5 Å². The lowest BCUT2D eigenvalue weighted by Crippen LogP contribution is -2.40. The van der Waals surface area contributed by atoms with Crippen LogP contribution in [0.2, 0.25) is 0 Å². The maximum Gasteiger partial charge on any atom is 0.264 e. The zero-order chi connectivity index (χ0) is 22.3. The minimum Gasteiger partial charge on any atom is -0.497 e. The Kier molecular flexibility index (Phi) is 7.01. The van der Waals surface area contributed by atoms with E-state index in [1.807, 2.05) is 12.1 Å². The number of hydroxylamine groups is 1. The number of hydrogen-bond acceptors (Lipinski definition) is 6. The Hall–Kier alpha value is -3.69. The number of anilines is 1. The van der Waals surface area contributed by atoms with E-state index in [0.29, 0.717) is 17.0 Å². The summed E-state index contributed by atoms with van der Waals surface area (Å²) in [6.07, 6.45) is 5.10. The Labute approximate surface area is 180 Å². The molecule has 0 saturated carbocycles. The monoisotopic (exact) mass is 439 g/mol. The lowest BCUT2D eigenvalue weighted by molar-refractivity contribution is -0.127. The second-order valence-corrected chi connectivity index (χ2v) is 8.23. The van der Waals surface area contributed by atoms with Gasteiger partial charge in [0.15, 0.2) is 0 Å². The molecule has 0 aliphatic heterocycles. The van der Waals surface area contributed by atoms with Crippen LogP contribution in [0.3, 0.4) is 0 Å². The average molecular weight is 439 g/mol. The summed E-state index contributed by atoms with van der Waals surface area (Å²) in [5.41, 5.74) is 3.01. The maximum atomic E-state index is 13.4. The molecular weight excluding hydrogens is 418 g/mol. The molecule has 1 heterocycles. The first kappa shape index (κ1) is 22.0. The molecule has 9 heteroatoms. The van der Waals surface area contributed by atoms with Gasteiger partial charge in [-0.1, -0.05) is 30.3 Å². The Morgan fingerprint density at radius 1 is 1.06 bits per heavy atom. The van der Waals surface area contributed by atoms with E-state index in [2.05, 4.69) is 4.98 Å². The first-order chi connectivity index (χ1) is 15.0. The Morgan fingerprint density at radius 3 is 2.42 bits per heavy atom. The van der Waals surface area contributed by atoms with Gasteiger partial charge in [-0.25, -0.2) is 13.9 Å². The number of carbonyl (C=O) groups is 1. The van der Waals surface area contributed by atoms with Crippen molar-refractivity contribution >= 4 is 33.8 Å². The third-order valence-electron chi connectivity index (χ3n) is 4.39. The topological polar surface area (TPSA) is 109 Å². The van der Waals surface area contributed by atoms with Gasteiger partial charge in [0, 0.05) is 6.20 Å². The van der Waals surface area contributed by atoms with Crippen LogP contribution in [0, 0.1) is 0 Å². The van der Waals surface area contributed by atoms with Crippen LogP contribution in [0.1, 0.15) is 11.3 Å². The fourth-order valence-corrected chi connectivity index (χ4v) is 4.29. The standard InChI is InChI=1S/C22H21N3O5S/c1-30-19-11-13-20(14-12-19)31(28,29)25(16-22(26)24-27)21-8-3-2-6-17(21)9-10-18-7-4-5-15-23-18/h2-15,27H,16H2,1H3,(H,24,26)/b10-9+. The number of amides is 1. The third kappa shape index (κ3) is 5.27. The van der Waals surface area contributed by atoms with Crippen LogP contribution in [-0.2, 0) is 14.8 Å². The number of nitrogens with zero attached hydrogens (tertiary/aromatic N) is 2. The molecule has 0 atom stereocenters. The number of carbonyl (C=O) groups excluding carboxylic acids is 1. The van der Waals surface area contributed by atoms with Crippen molar-refractivity contribution in [3.8, 4) is 5.75 Å². The smallest absolute Gasteiger partial charge is 0.264 e. The molecule has 0 saturated heterocycles. The van der Waals surface area contributed by atoms with E-state index in [0.717, 1.165) is 4.31 Å². The second-order valence-electron chi connectivity index (χ2n) is 6.37. The molecule has 8 nitrogen and oxygen atoms in total. The molecule has 0 aliphatic rings. The number of rotatable bonds is 8. The van der Waals surface area contributed by atoms with Crippen LogP contribution < -0.4 is 14.5 Å². The minimum absolute atomic E-state index is 0.0254. The van der Waals surface area contributed by atoms with Gasteiger partial charge in [0.25, 0.3) is 15.9 Å². The maximum absolute atomic E-state index is 13.4. The number of methoxy groups -OCH3 is 1. The number of benzene rings is 2. The third-order valence-corrected chi connectivity index (χ3v) is 6.16. The van der Waals surface area contributed by atoms with Crippen molar-refractivity contribution in [3.05, 3.63) is 84.2 Å². The highest BCUT2D eigenvalue weighted by atomic mass is 32.2. The fourth-order valence-electron chi connectivity index (χ4n) is 2.85. The molecule has 0 spiro atoms. The summed E-state index contributed by atoms with van der Waals surface area (Å²) in [6.45, 7) is -0.612. The van der Waals surface area contributed by atoms with Crippen molar-refractivity contribution in [1.29, 1.82) is 0 Å². The molecule has 0 aliphatic carbocycles. The van der Waals surface area contributed by atoms with Crippen molar-refractivity contribution in [2.45, 2.75) is 4.90 Å². The zero-order valence-corrected chi connectivity index (χ0v) is 17.5. The molecule has 0 fully saturated rings. The van der Waals surface area contributed by atoms with Crippen LogP contribution in [0.15, 0.2) is 77.8 Å². The largest absolute Gasteiger partial charge is 0.497 e. The van der Waals surface area contributed by atoms with Crippen molar-refractivity contribution in [1.82, 2.24) is 10.5 Å². The molecule has 2 N–H and O–H groups in total. The molecule has 2 aromatic carbocycles. The summed E-state index contributed by atoms with van der Waals surface area (Å²) >= 11 is 0. The number of pyridine rings is 1. The number of nitrogens with one attached hydrogen (secondary N) is 1. The molecule has 3 rings (SSSR count). The first-order valence-corrected chi connectivity index (χ1v) is 10.7. The van der Waals surface area contributed by atoms with E-state index in [1.165, 1.54) is 36.9 Å². The van der Waals surface area contributed by atoms with Gasteiger partial charge < -0.3 is 4.74 Å². The Bertz CT molecular complexity index is 1160. The number of hydrogen-bond donors (Lipinski definition) is 2. The van der Waals surface area contributed by atoms with E-state index in [9.17, 15) is 13.2 Å². The lowest BCUT2D eigenvalue weighted by atomic mass is 10.1. The normalized spacial score (nSPS) is 11.3. The van der Waals surface area contributed by atoms with Gasteiger partial charge in [0.05, 0.1) is 23.4 Å². The Balaban J connectivity index is 2.07. The van der Waals surface area contributed by atoms with Gasteiger partial charge in [0.2, 0.25) is 0 Å². The summed E-state index contributed by atoms with van der Waals surface area (Å²) in [6, 6.07) is 18.0. The van der Waals surface area contributed by atoms with Gasteiger partial charge >= 0.3 is 0 Å². The van der Waals surface area contributed by atoms with Gasteiger partial charge in [-0.3, -0.25) is 19.3 Å². The van der Waals surface area contributed by atoms with E-state index >= 15 is 0 Å². The molecule has 0 bridgehead atoms. The van der Waals surface area contributed by atoms with E-state index in [-0.39, 0.29) is 10.6 Å². The van der Waals surface area contributed by atoms with Crippen LogP contribution in [0.5, 0.6) is 5.75 Å². The summed E-state index contributed by atoms with van der Waals surface area (Å²) in [7, 11) is -2.66. The van der Waals surface area contributed by atoms with Crippen LogP contribution >= 0.6 is 0 Å². The average Bonchev–Trinajstić information content (AvgIpc) is 2.82. The zero-order valence-electron chi connectivity index (χ0n) is 16.7. The molecule has 0 radical (unpaired) electrons. The Morgan fingerprint density at radius 2 is 1.77 bits per heavy atom. The molecule has 160 valence electrons. The molecule has 1 amide bonds. The van der Waals surface area contributed by atoms with Crippen LogP contribution in [0.4, 0.5) is 5.69 Å².